The van der Waals surface area contributed by atoms with Crippen LogP contribution in [-0.2, 0) is 9.84 Å². The van der Waals surface area contributed by atoms with Gasteiger partial charge in [-0.3, -0.25) is 10.1 Å². The number of rotatable bonds is 7. The zero-order valence-corrected chi connectivity index (χ0v) is 19.3. The molecule has 0 fully saturated rings. The summed E-state index contributed by atoms with van der Waals surface area (Å²) in [5, 5.41) is 10.9. The molecule has 0 spiro atoms. The standard InChI is InChI=1S/C26H17NO8S/c28-25(34-19-8-2-1-3-9-19)21-10-4-6-12-23(21)35-26(29)22-11-5-7-13-24(22)36(32,33)20-16-14-18(15-17-20)27(30)31/h1-17H. The van der Waals surface area contributed by atoms with E-state index in [1.165, 1.54) is 36.4 Å². The van der Waals surface area contributed by atoms with E-state index >= 15 is 0 Å². The van der Waals surface area contributed by atoms with E-state index in [1.807, 2.05) is 0 Å². The zero-order chi connectivity index (χ0) is 25.7. The number of hydrogen-bond acceptors (Lipinski definition) is 8. The van der Waals surface area contributed by atoms with E-state index in [1.54, 1.807) is 42.5 Å². The summed E-state index contributed by atoms with van der Waals surface area (Å²) in [4.78, 5) is 35.4. The molecule has 36 heavy (non-hydrogen) atoms. The lowest BCUT2D eigenvalue weighted by atomic mass is 10.2. The first-order valence-corrected chi connectivity index (χ1v) is 11.9. The summed E-state index contributed by atoms with van der Waals surface area (Å²) >= 11 is 0. The smallest absolute Gasteiger partial charge is 0.347 e. The molecule has 4 aromatic carbocycles. The molecular weight excluding hydrogens is 486 g/mol. The van der Waals surface area contributed by atoms with E-state index in [0.717, 1.165) is 24.3 Å². The quantitative estimate of drug-likeness (QED) is 0.151. The molecule has 0 aromatic heterocycles. The summed E-state index contributed by atoms with van der Waals surface area (Å²) in [6.45, 7) is 0. The first kappa shape index (κ1) is 24.3. The van der Waals surface area contributed by atoms with Gasteiger partial charge in [0.15, 0.2) is 0 Å². The Kier molecular flexibility index (Phi) is 6.88. The number of non-ortho nitro benzene ring substituents is 1. The number of esters is 2. The molecule has 0 atom stereocenters. The van der Waals surface area contributed by atoms with Crippen molar-refractivity contribution in [1.29, 1.82) is 0 Å². The number of hydrogen-bond donors (Lipinski definition) is 0. The molecule has 180 valence electrons. The number of ether oxygens (including phenoxy) is 2. The molecule has 9 nitrogen and oxygen atoms in total. The minimum Gasteiger partial charge on any atom is -0.423 e. The van der Waals surface area contributed by atoms with Crippen molar-refractivity contribution in [2.75, 3.05) is 0 Å². The fourth-order valence-electron chi connectivity index (χ4n) is 3.27. The number of nitrogens with zero attached hydrogens (tertiary/aromatic N) is 1. The molecule has 0 heterocycles. The molecule has 0 saturated heterocycles. The molecule has 0 unspecified atom stereocenters. The van der Waals surface area contributed by atoms with E-state index in [2.05, 4.69) is 0 Å². The van der Waals surface area contributed by atoms with Crippen LogP contribution in [0.25, 0.3) is 0 Å². The van der Waals surface area contributed by atoms with Gasteiger partial charge in [0, 0.05) is 12.1 Å². The molecular formula is C26H17NO8S. The van der Waals surface area contributed by atoms with Crippen molar-refractivity contribution >= 4 is 27.5 Å². The second-order valence-corrected chi connectivity index (χ2v) is 9.26. The Hall–Kier alpha value is -4.83. The predicted molar refractivity (Wildman–Crippen MR) is 128 cm³/mol. The molecule has 0 radical (unpaired) electrons. The van der Waals surface area contributed by atoms with Gasteiger partial charge in [0.1, 0.15) is 17.1 Å². The van der Waals surface area contributed by atoms with Crippen molar-refractivity contribution < 1.29 is 32.4 Å². The van der Waals surface area contributed by atoms with E-state index in [9.17, 15) is 28.1 Å². The van der Waals surface area contributed by atoms with Crippen molar-refractivity contribution in [3.63, 3.8) is 0 Å². The number of nitro benzene ring substituents is 1. The lowest BCUT2D eigenvalue weighted by Crippen LogP contribution is -2.17. The molecule has 4 aromatic rings. The Morgan fingerprint density at radius 1 is 0.667 bits per heavy atom. The number of nitro groups is 1. The first-order chi connectivity index (χ1) is 17.3. The van der Waals surface area contributed by atoms with Crippen LogP contribution in [0.1, 0.15) is 20.7 Å². The van der Waals surface area contributed by atoms with Crippen LogP contribution in [0, 0.1) is 10.1 Å². The SMILES string of the molecule is O=C(Oc1ccccc1)c1ccccc1OC(=O)c1ccccc1S(=O)(=O)c1ccc([N+](=O)[O-])cc1. The molecule has 0 aliphatic rings. The minimum atomic E-state index is -4.23. The van der Waals surface area contributed by atoms with Crippen LogP contribution in [0.4, 0.5) is 5.69 Å². The third kappa shape index (κ3) is 5.13. The van der Waals surface area contributed by atoms with Gasteiger partial charge in [-0.15, -0.1) is 0 Å². The van der Waals surface area contributed by atoms with Gasteiger partial charge in [0.2, 0.25) is 9.84 Å². The van der Waals surface area contributed by atoms with Gasteiger partial charge < -0.3 is 9.47 Å². The van der Waals surface area contributed by atoms with Crippen molar-refractivity contribution in [3.8, 4) is 11.5 Å². The van der Waals surface area contributed by atoms with Gasteiger partial charge in [0.05, 0.1) is 20.3 Å². The van der Waals surface area contributed by atoms with Crippen molar-refractivity contribution in [2.24, 2.45) is 0 Å². The normalized spacial score (nSPS) is 10.9. The van der Waals surface area contributed by atoms with Gasteiger partial charge in [0.25, 0.3) is 5.69 Å². The summed E-state index contributed by atoms with van der Waals surface area (Å²) < 4.78 is 37.2. The summed E-state index contributed by atoms with van der Waals surface area (Å²) in [6, 6.07) is 23.9. The molecule has 10 heteroatoms. The molecule has 0 aliphatic carbocycles. The summed E-state index contributed by atoms with van der Waals surface area (Å²) in [5.74, 6) is -1.61. The van der Waals surface area contributed by atoms with Crippen LogP contribution in [0.2, 0.25) is 0 Å². The monoisotopic (exact) mass is 503 g/mol. The maximum atomic E-state index is 13.2. The molecule has 4 rings (SSSR count). The highest BCUT2D eigenvalue weighted by Crippen LogP contribution is 2.28. The second-order valence-electron chi connectivity index (χ2n) is 7.34. The topological polar surface area (TPSA) is 130 Å². The fraction of sp³-hybridized carbons (Fsp3) is 0. The average molecular weight is 503 g/mol. The Labute approximate surface area is 205 Å². The summed E-state index contributed by atoms with van der Waals surface area (Å²) in [7, 11) is -4.23. The maximum absolute atomic E-state index is 13.2. The van der Waals surface area contributed by atoms with E-state index < -0.39 is 26.7 Å². The summed E-state index contributed by atoms with van der Waals surface area (Å²) in [6.07, 6.45) is 0. The minimum absolute atomic E-state index is 0.0367. The van der Waals surface area contributed by atoms with Crippen molar-refractivity contribution in [3.05, 3.63) is 124 Å². The van der Waals surface area contributed by atoms with Crippen molar-refractivity contribution in [2.45, 2.75) is 9.79 Å². The lowest BCUT2D eigenvalue weighted by molar-refractivity contribution is -0.384. The third-order valence-corrected chi connectivity index (χ3v) is 6.85. The molecule has 0 N–H and O–H groups in total. The van der Waals surface area contributed by atoms with Gasteiger partial charge in [-0.2, -0.15) is 0 Å². The van der Waals surface area contributed by atoms with Gasteiger partial charge >= 0.3 is 11.9 Å². The maximum Gasteiger partial charge on any atom is 0.347 e. The highest BCUT2D eigenvalue weighted by Gasteiger charge is 2.27. The Morgan fingerprint density at radius 2 is 1.22 bits per heavy atom. The van der Waals surface area contributed by atoms with Gasteiger partial charge in [-0.1, -0.05) is 42.5 Å². The highest BCUT2D eigenvalue weighted by atomic mass is 32.2. The number of carbonyl (C=O) groups is 2. The Balaban J connectivity index is 1.63. The number of sulfone groups is 1. The zero-order valence-electron chi connectivity index (χ0n) is 18.4. The molecule has 0 aliphatic heterocycles. The van der Waals surface area contributed by atoms with E-state index in [4.69, 9.17) is 9.47 Å². The van der Waals surface area contributed by atoms with E-state index in [0.29, 0.717) is 5.75 Å². The number of carbonyl (C=O) groups excluding carboxylic acids is 2. The fourth-order valence-corrected chi connectivity index (χ4v) is 4.72. The highest BCUT2D eigenvalue weighted by molar-refractivity contribution is 7.91. The Morgan fingerprint density at radius 3 is 1.89 bits per heavy atom. The predicted octanol–water partition coefficient (Wildman–Crippen LogP) is 4.87. The van der Waals surface area contributed by atoms with Crippen LogP contribution >= 0.6 is 0 Å². The number of benzene rings is 4. The average Bonchev–Trinajstić information content (AvgIpc) is 2.89. The van der Waals surface area contributed by atoms with Crippen LogP contribution in [0.3, 0.4) is 0 Å². The van der Waals surface area contributed by atoms with Gasteiger partial charge in [-0.25, -0.2) is 18.0 Å². The number of para-hydroxylation sites is 2. The first-order valence-electron chi connectivity index (χ1n) is 10.4. The van der Waals surface area contributed by atoms with Crippen LogP contribution in [-0.4, -0.2) is 25.3 Å². The molecule has 0 bridgehead atoms. The van der Waals surface area contributed by atoms with Crippen molar-refractivity contribution in [1.82, 2.24) is 0 Å². The molecule has 0 amide bonds. The van der Waals surface area contributed by atoms with Crippen LogP contribution in [0.15, 0.2) is 113 Å². The van der Waals surface area contributed by atoms with Crippen LogP contribution in [0.5, 0.6) is 11.5 Å². The van der Waals surface area contributed by atoms with Gasteiger partial charge in [-0.05, 0) is 48.5 Å². The van der Waals surface area contributed by atoms with E-state index in [-0.39, 0.29) is 32.4 Å². The summed E-state index contributed by atoms with van der Waals surface area (Å²) in [5.41, 5.74) is -0.590. The second kappa shape index (κ2) is 10.2. The molecule has 0 saturated carbocycles. The Bertz CT molecular complexity index is 1550. The third-order valence-electron chi connectivity index (χ3n) is 5.02. The van der Waals surface area contributed by atoms with Crippen LogP contribution < -0.4 is 9.47 Å². The largest absolute Gasteiger partial charge is 0.423 e. The lowest BCUT2D eigenvalue weighted by Gasteiger charge is -2.12.